The first-order valence-corrected chi connectivity index (χ1v) is 7.36. The second-order valence-corrected chi connectivity index (χ2v) is 5.79. The van der Waals surface area contributed by atoms with Crippen molar-refractivity contribution in [1.82, 2.24) is 10.2 Å². The van der Waals surface area contributed by atoms with E-state index in [1.807, 2.05) is 11.0 Å². The van der Waals surface area contributed by atoms with Crippen LogP contribution in [0.4, 0.5) is 0 Å². The zero-order chi connectivity index (χ0) is 13.7. The zero-order valence-electron chi connectivity index (χ0n) is 11.7. The third-order valence-electron chi connectivity index (χ3n) is 4.24. The van der Waals surface area contributed by atoms with E-state index in [9.17, 15) is 4.79 Å². The van der Waals surface area contributed by atoms with Gasteiger partial charge in [-0.2, -0.15) is 5.26 Å². The van der Waals surface area contributed by atoms with Gasteiger partial charge in [-0.25, -0.2) is 0 Å². The minimum Gasteiger partial charge on any atom is -0.387 e. The summed E-state index contributed by atoms with van der Waals surface area (Å²) in [7, 11) is 0. The van der Waals surface area contributed by atoms with Crippen LogP contribution in [0.3, 0.4) is 0 Å². The van der Waals surface area contributed by atoms with Crippen LogP contribution in [0.2, 0.25) is 0 Å². The summed E-state index contributed by atoms with van der Waals surface area (Å²) in [4.78, 5) is 14.0. The molecular weight excluding hydrogens is 238 g/mol. The van der Waals surface area contributed by atoms with Crippen molar-refractivity contribution in [3.05, 3.63) is 11.8 Å². The maximum Gasteiger partial charge on any atom is 0.265 e. The average Bonchev–Trinajstić information content (AvgIpc) is 2.93. The van der Waals surface area contributed by atoms with Gasteiger partial charge in [-0.15, -0.1) is 0 Å². The van der Waals surface area contributed by atoms with Gasteiger partial charge in [0.25, 0.3) is 5.91 Å². The van der Waals surface area contributed by atoms with Crippen molar-refractivity contribution < 1.29 is 4.79 Å². The quantitative estimate of drug-likeness (QED) is 0.626. The number of hydrogen-bond donors (Lipinski definition) is 1. The highest BCUT2D eigenvalue weighted by Crippen LogP contribution is 2.19. The van der Waals surface area contributed by atoms with E-state index in [2.05, 4.69) is 12.2 Å². The van der Waals surface area contributed by atoms with Crippen molar-refractivity contribution in [2.75, 3.05) is 13.1 Å². The molecule has 1 aliphatic carbocycles. The Balaban J connectivity index is 1.90. The minimum atomic E-state index is -0.111. The lowest BCUT2D eigenvalue weighted by molar-refractivity contribution is -0.128. The molecule has 0 atom stereocenters. The van der Waals surface area contributed by atoms with Crippen LogP contribution >= 0.6 is 0 Å². The first-order valence-electron chi connectivity index (χ1n) is 7.36. The van der Waals surface area contributed by atoms with Gasteiger partial charge in [0.05, 0.1) is 0 Å². The number of nitrogens with zero attached hydrogens (tertiary/aromatic N) is 2. The van der Waals surface area contributed by atoms with Gasteiger partial charge in [0, 0.05) is 25.3 Å². The van der Waals surface area contributed by atoms with Gasteiger partial charge in [0.1, 0.15) is 11.6 Å². The van der Waals surface area contributed by atoms with Crippen molar-refractivity contribution in [1.29, 1.82) is 5.26 Å². The Morgan fingerprint density at radius 2 is 1.89 bits per heavy atom. The molecule has 1 saturated carbocycles. The Hall–Kier alpha value is -1.50. The third-order valence-corrected chi connectivity index (χ3v) is 4.24. The maximum atomic E-state index is 12.2. The molecule has 0 aromatic heterocycles. The van der Waals surface area contributed by atoms with Gasteiger partial charge in [-0.3, -0.25) is 4.79 Å². The Labute approximate surface area is 115 Å². The van der Waals surface area contributed by atoms with E-state index < -0.39 is 0 Å². The van der Waals surface area contributed by atoms with Crippen LogP contribution in [0.25, 0.3) is 0 Å². The molecule has 4 heteroatoms. The van der Waals surface area contributed by atoms with Crippen molar-refractivity contribution in [3.8, 4) is 6.07 Å². The number of nitrogens with one attached hydrogen (secondary N) is 1. The summed E-state index contributed by atoms with van der Waals surface area (Å²) in [5.74, 6) is 0.579. The molecule has 2 rings (SSSR count). The summed E-state index contributed by atoms with van der Waals surface area (Å²) in [5, 5.41) is 12.4. The molecule has 0 spiro atoms. The van der Waals surface area contributed by atoms with E-state index in [0.717, 1.165) is 38.8 Å². The van der Waals surface area contributed by atoms with Crippen LogP contribution < -0.4 is 5.32 Å². The highest BCUT2D eigenvalue weighted by molar-refractivity contribution is 5.97. The highest BCUT2D eigenvalue weighted by Gasteiger charge is 2.23. The van der Waals surface area contributed by atoms with Gasteiger partial charge in [0.15, 0.2) is 0 Å². The maximum absolute atomic E-state index is 12.2. The highest BCUT2D eigenvalue weighted by atomic mass is 16.2. The molecule has 2 aliphatic rings. The molecule has 104 valence electrons. The molecule has 1 N–H and O–H groups in total. The van der Waals surface area contributed by atoms with E-state index in [4.69, 9.17) is 5.26 Å². The molecule has 0 aromatic carbocycles. The third kappa shape index (κ3) is 3.73. The largest absolute Gasteiger partial charge is 0.387 e. The Morgan fingerprint density at radius 1 is 1.26 bits per heavy atom. The van der Waals surface area contributed by atoms with Gasteiger partial charge >= 0.3 is 0 Å². The normalized spacial score (nSPS) is 22.3. The Morgan fingerprint density at radius 3 is 2.47 bits per heavy atom. The summed E-state index contributed by atoms with van der Waals surface area (Å²) in [5.41, 5.74) is 0.251. The topological polar surface area (TPSA) is 56.1 Å². The number of amides is 1. The van der Waals surface area contributed by atoms with Crippen molar-refractivity contribution in [2.45, 2.75) is 51.5 Å². The van der Waals surface area contributed by atoms with Crippen LogP contribution in [0.5, 0.6) is 0 Å². The molecule has 19 heavy (non-hydrogen) atoms. The molecule has 0 radical (unpaired) electrons. The van der Waals surface area contributed by atoms with Crippen molar-refractivity contribution in [2.24, 2.45) is 5.92 Å². The summed E-state index contributed by atoms with van der Waals surface area (Å²) < 4.78 is 0. The van der Waals surface area contributed by atoms with E-state index in [0.29, 0.717) is 12.0 Å². The van der Waals surface area contributed by atoms with E-state index in [-0.39, 0.29) is 11.5 Å². The number of carbonyl (C=O) groups excluding carboxylic acids is 1. The number of likely N-dealkylation sites (tertiary alicyclic amines) is 1. The molecule has 0 bridgehead atoms. The fraction of sp³-hybridized carbons (Fsp3) is 0.733. The number of hydrogen-bond acceptors (Lipinski definition) is 3. The van der Waals surface area contributed by atoms with E-state index in [1.165, 1.54) is 12.8 Å². The van der Waals surface area contributed by atoms with Crippen LogP contribution in [-0.2, 0) is 4.79 Å². The molecule has 2 fully saturated rings. The van der Waals surface area contributed by atoms with Gasteiger partial charge in [-0.05, 0) is 31.6 Å². The lowest BCUT2D eigenvalue weighted by Gasteiger charge is -2.30. The first-order chi connectivity index (χ1) is 9.20. The number of nitriles is 1. The second kappa shape index (κ2) is 6.60. The van der Waals surface area contributed by atoms with Gasteiger partial charge in [-0.1, -0.05) is 19.8 Å². The fourth-order valence-corrected chi connectivity index (χ4v) is 2.82. The molecule has 1 aliphatic heterocycles. The molecular formula is C15H23N3O. The number of piperidine rings is 1. The summed E-state index contributed by atoms with van der Waals surface area (Å²) in [6.45, 7) is 3.77. The Kier molecular flexibility index (Phi) is 4.84. The fourth-order valence-electron chi connectivity index (χ4n) is 2.82. The summed E-state index contributed by atoms with van der Waals surface area (Å²) in [6.07, 6.45) is 8.49. The molecule has 1 amide bonds. The lowest BCUT2D eigenvalue weighted by atomic mass is 9.99. The standard InChI is InChI=1S/C15H23N3O/c1-12-6-8-18(9-7-12)15(19)13(10-16)11-17-14-4-2-3-5-14/h11-12,14,17H,2-9H2,1H3/b13-11-. The molecule has 0 unspecified atom stereocenters. The van der Waals surface area contributed by atoms with Gasteiger partial charge < -0.3 is 10.2 Å². The van der Waals surface area contributed by atoms with Gasteiger partial charge in [0.2, 0.25) is 0 Å². The average molecular weight is 261 g/mol. The first kappa shape index (κ1) is 13.9. The van der Waals surface area contributed by atoms with Crippen LogP contribution in [0.15, 0.2) is 11.8 Å². The number of rotatable bonds is 3. The summed E-state index contributed by atoms with van der Waals surface area (Å²) >= 11 is 0. The van der Waals surface area contributed by atoms with Crippen LogP contribution in [0.1, 0.15) is 45.4 Å². The smallest absolute Gasteiger partial charge is 0.265 e. The molecule has 1 saturated heterocycles. The minimum absolute atomic E-state index is 0.111. The predicted molar refractivity (Wildman–Crippen MR) is 74.1 cm³/mol. The zero-order valence-corrected chi connectivity index (χ0v) is 11.7. The van der Waals surface area contributed by atoms with Crippen molar-refractivity contribution in [3.63, 3.8) is 0 Å². The monoisotopic (exact) mass is 261 g/mol. The molecule has 4 nitrogen and oxygen atoms in total. The van der Waals surface area contributed by atoms with E-state index in [1.54, 1.807) is 6.20 Å². The lowest BCUT2D eigenvalue weighted by Crippen LogP contribution is -2.39. The van der Waals surface area contributed by atoms with Crippen LogP contribution in [-0.4, -0.2) is 29.9 Å². The Bertz CT molecular complexity index is 383. The van der Waals surface area contributed by atoms with Crippen molar-refractivity contribution >= 4 is 5.91 Å². The molecule has 0 aromatic rings. The molecule has 1 heterocycles. The summed E-state index contributed by atoms with van der Waals surface area (Å²) in [6, 6.07) is 2.48. The second-order valence-electron chi connectivity index (χ2n) is 5.79. The number of carbonyl (C=O) groups is 1. The van der Waals surface area contributed by atoms with E-state index >= 15 is 0 Å². The SMILES string of the molecule is CC1CCN(C(=O)/C(C#N)=C\NC2CCCC2)CC1. The van der Waals surface area contributed by atoms with Crippen LogP contribution in [0, 0.1) is 17.2 Å². The predicted octanol–water partition coefficient (Wildman–Crippen LogP) is 2.18.